The maximum atomic E-state index is 12.7. The van der Waals surface area contributed by atoms with Gasteiger partial charge in [-0.1, -0.05) is 88.3 Å². The summed E-state index contributed by atoms with van der Waals surface area (Å²) in [6.45, 7) is 2.20. The number of phenolic OH excluding ortho intramolecular Hbond substituents is 1. The Bertz CT molecular complexity index is 767. The Morgan fingerprint density at radius 1 is 0.769 bits per heavy atom. The van der Waals surface area contributed by atoms with Gasteiger partial charge >= 0.3 is 0 Å². The fourth-order valence-electron chi connectivity index (χ4n) is 3.11. The van der Waals surface area contributed by atoms with Crippen LogP contribution in [0.1, 0.15) is 58.3 Å². The van der Waals surface area contributed by atoms with E-state index >= 15 is 0 Å². The van der Waals surface area contributed by atoms with Crippen molar-refractivity contribution < 1.29 is 13.5 Å². The van der Waals surface area contributed by atoms with E-state index in [-0.39, 0.29) is 16.4 Å². The van der Waals surface area contributed by atoms with Gasteiger partial charge in [-0.2, -0.15) is 0 Å². The summed E-state index contributed by atoms with van der Waals surface area (Å²) in [6, 6.07) is 14.4. The molecule has 0 aromatic heterocycles. The van der Waals surface area contributed by atoms with Gasteiger partial charge in [0.1, 0.15) is 10.6 Å². The minimum atomic E-state index is -3.47. The highest BCUT2D eigenvalue weighted by molar-refractivity contribution is 7.91. The molecule has 4 heteroatoms. The van der Waals surface area contributed by atoms with E-state index in [0.717, 1.165) is 24.0 Å². The Morgan fingerprint density at radius 2 is 1.38 bits per heavy atom. The summed E-state index contributed by atoms with van der Waals surface area (Å²) in [5, 5.41) is 10.1. The first kappa shape index (κ1) is 20.5. The first-order chi connectivity index (χ1) is 12.5. The molecular weight excluding hydrogens is 344 g/mol. The molecule has 26 heavy (non-hydrogen) atoms. The number of aromatic hydroxyl groups is 1. The molecule has 0 radical (unpaired) electrons. The third-order valence-corrected chi connectivity index (χ3v) is 6.49. The fraction of sp³-hybridized carbons (Fsp3) is 0.455. The molecule has 2 aromatic rings. The van der Waals surface area contributed by atoms with Crippen molar-refractivity contribution in [2.45, 2.75) is 63.2 Å². The minimum absolute atomic E-state index is 0.0433. The van der Waals surface area contributed by atoms with Crippen molar-refractivity contribution in [2.24, 2.45) is 0 Å². The van der Waals surface area contributed by atoms with E-state index in [0.29, 0.717) is 6.42 Å². The van der Waals surface area contributed by atoms with Gasteiger partial charge in [-0.3, -0.25) is 0 Å². The van der Waals surface area contributed by atoms with Crippen LogP contribution in [0.4, 0.5) is 0 Å². The Balaban J connectivity index is 1.94. The highest BCUT2D eigenvalue weighted by Gasteiger charge is 2.19. The van der Waals surface area contributed by atoms with Gasteiger partial charge in [0.2, 0.25) is 0 Å². The van der Waals surface area contributed by atoms with Crippen LogP contribution < -0.4 is 0 Å². The van der Waals surface area contributed by atoms with Crippen molar-refractivity contribution in [1.29, 1.82) is 0 Å². The van der Waals surface area contributed by atoms with Gasteiger partial charge < -0.3 is 5.11 Å². The summed E-state index contributed by atoms with van der Waals surface area (Å²) in [6.07, 6.45) is 8.85. The smallest absolute Gasteiger partial charge is 0.182 e. The van der Waals surface area contributed by atoms with Crippen molar-refractivity contribution >= 4 is 9.84 Å². The molecular formula is C22H30O3S. The molecule has 0 aliphatic carbocycles. The van der Waals surface area contributed by atoms with E-state index in [1.807, 2.05) is 30.3 Å². The molecule has 0 spiro atoms. The Morgan fingerprint density at radius 3 is 2.04 bits per heavy atom. The third-order valence-electron chi connectivity index (χ3n) is 4.67. The standard InChI is InChI=1S/C22H30O3S/c1-2-3-4-5-6-7-8-12-17-26(24,25)22-18-20(15-16-21(22)23)19-13-10-9-11-14-19/h9-11,13-16,18,23H,2-8,12,17H2,1H3. The minimum Gasteiger partial charge on any atom is -0.507 e. The highest BCUT2D eigenvalue weighted by Crippen LogP contribution is 2.30. The van der Waals surface area contributed by atoms with Crippen LogP contribution in [0.25, 0.3) is 11.1 Å². The van der Waals surface area contributed by atoms with Gasteiger partial charge in [-0.25, -0.2) is 8.42 Å². The number of rotatable bonds is 11. The fourth-order valence-corrected chi connectivity index (χ4v) is 4.61. The summed E-state index contributed by atoms with van der Waals surface area (Å²) >= 11 is 0. The Labute approximate surface area is 158 Å². The second-order valence-electron chi connectivity index (χ2n) is 6.84. The van der Waals surface area contributed by atoms with E-state index in [9.17, 15) is 13.5 Å². The molecule has 0 heterocycles. The predicted octanol–water partition coefficient (Wildman–Crippen LogP) is 5.97. The monoisotopic (exact) mass is 374 g/mol. The summed E-state index contributed by atoms with van der Waals surface area (Å²) in [7, 11) is -3.47. The number of phenols is 1. The van der Waals surface area contributed by atoms with Gasteiger partial charge in [-0.15, -0.1) is 0 Å². The van der Waals surface area contributed by atoms with Gasteiger partial charge in [0.25, 0.3) is 0 Å². The summed E-state index contributed by atoms with van der Waals surface area (Å²) in [5.74, 6) is -0.0717. The molecule has 0 saturated heterocycles. The lowest BCUT2D eigenvalue weighted by molar-refractivity contribution is 0.458. The summed E-state index contributed by atoms with van der Waals surface area (Å²) in [4.78, 5) is 0.0433. The van der Waals surface area contributed by atoms with Crippen LogP contribution in [-0.4, -0.2) is 19.3 Å². The van der Waals surface area contributed by atoms with Crippen LogP contribution in [0.15, 0.2) is 53.4 Å². The molecule has 2 rings (SSSR count). The van der Waals surface area contributed by atoms with E-state index in [2.05, 4.69) is 6.92 Å². The molecule has 0 unspecified atom stereocenters. The van der Waals surface area contributed by atoms with Crippen LogP contribution in [0.2, 0.25) is 0 Å². The Hall–Kier alpha value is -1.81. The van der Waals surface area contributed by atoms with Gasteiger partial charge in [0.05, 0.1) is 5.75 Å². The number of unbranched alkanes of at least 4 members (excludes halogenated alkanes) is 7. The lowest BCUT2D eigenvalue weighted by atomic mass is 10.1. The lowest BCUT2D eigenvalue weighted by Crippen LogP contribution is -2.07. The molecule has 0 amide bonds. The second-order valence-corrected chi connectivity index (χ2v) is 8.92. The molecule has 0 fully saturated rings. The number of hydrogen-bond donors (Lipinski definition) is 1. The molecule has 0 aliphatic rings. The largest absolute Gasteiger partial charge is 0.507 e. The van der Waals surface area contributed by atoms with Crippen LogP contribution >= 0.6 is 0 Å². The molecule has 0 bridgehead atoms. The lowest BCUT2D eigenvalue weighted by Gasteiger charge is -2.09. The van der Waals surface area contributed by atoms with E-state index < -0.39 is 9.84 Å². The SMILES string of the molecule is CCCCCCCCCCS(=O)(=O)c1cc(-c2ccccc2)ccc1O. The van der Waals surface area contributed by atoms with Crippen molar-refractivity contribution in [2.75, 3.05) is 5.75 Å². The first-order valence-electron chi connectivity index (χ1n) is 9.66. The van der Waals surface area contributed by atoms with E-state index in [1.165, 1.54) is 38.2 Å². The maximum absolute atomic E-state index is 12.7. The predicted molar refractivity (Wildman–Crippen MR) is 108 cm³/mol. The normalized spacial score (nSPS) is 11.6. The number of sulfone groups is 1. The zero-order valence-electron chi connectivity index (χ0n) is 15.7. The highest BCUT2D eigenvalue weighted by atomic mass is 32.2. The number of hydrogen-bond acceptors (Lipinski definition) is 3. The number of benzene rings is 2. The van der Waals surface area contributed by atoms with Crippen molar-refractivity contribution in [3.8, 4) is 16.9 Å². The van der Waals surface area contributed by atoms with E-state index in [1.54, 1.807) is 12.1 Å². The molecule has 0 saturated carbocycles. The van der Waals surface area contributed by atoms with Crippen molar-refractivity contribution in [1.82, 2.24) is 0 Å². The van der Waals surface area contributed by atoms with Crippen LogP contribution in [0.3, 0.4) is 0 Å². The molecule has 1 N–H and O–H groups in total. The topological polar surface area (TPSA) is 54.4 Å². The van der Waals surface area contributed by atoms with Crippen molar-refractivity contribution in [3.05, 3.63) is 48.5 Å². The first-order valence-corrected chi connectivity index (χ1v) is 11.3. The molecule has 0 atom stereocenters. The second kappa shape index (κ2) is 10.4. The summed E-state index contributed by atoms with van der Waals surface area (Å²) < 4.78 is 25.3. The molecule has 142 valence electrons. The van der Waals surface area contributed by atoms with Crippen LogP contribution in [-0.2, 0) is 9.84 Å². The zero-order valence-corrected chi connectivity index (χ0v) is 16.5. The average Bonchev–Trinajstić information content (AvgIpc) is 2.65. The molecule has 0 aliphatic heterocycles. The molecule has 2 aromatic carbocycles. The Kier molecular flexibility index (Phi) is 8.17. The van der Waals surface area contributed by atoms with Crippen LogP contribution in [0.5, 0.6) is 5.75 Å². The van der Waals surface area contributed by atoms with Gasteiger partial charge in [-0.05, 0) is 29.7 Å². The van der Waals surface area contributed by atoms with Crippen molar-refractivity contribution in [3.63, 3.8) is 0 Å². The maximum Gasteiger partial charge on any atom is 0.182 e. The van der Waals surface area contributed by atoms with E-state index in [4.69, 9.17) is 0 Å². The summed E-state index contributed by atoms with van der Waals surface area (Å²) in [5.41, 5.74) is 1.74. The average molecular weight is 375 g/mol. The van der Waals surface area contributed by atoms with Gasteiger partial charge in [0.15, 0.2) is 9.84 Å². The molecule has 3 nitrogen and oxygen atoms in total. The zero-order chi connectivity index (χ0) is 18.8. The van der Waals surface area contributed by atoms with Crippen LogP contribution in [0, 0.1) is 0 Å². The third kappa shape index (κ3) is 6.17. The quantitative estimate of drug-likeness (QED) is 0.493. The van der Waals surface area contributed by atoms with Gasteiger partial charge in [0, 0.05) is 0 Å².